The largest absolute Gasteiger partial charge is 0.335 e. The van der Waals surface area contributed by atoms with E-state index in [1.165, 1.54) is 19.3 Å². The molecule has 1 saturated heterocycles. The first-order chi connectivity index (χ1) is 14.3. The molecule has 30 heavy (non-hydrogen) atoms. The monoisotopic (exact) mass is 435 g/mol. The third kappa shape index (κ3) is 6.45. The van der Waals surface area contributed by atoms with Gasteiger partial charge in [0.2, 0.25) is 10.0 Å². The van der Waals surface area contributed by atoms with Gasteiger partial charge in [-0.2, -0.15) is 0 Å². The minimum atomic E-state index is -3.47. The van der Waals surface area contributed by atoms with Gasteiger partial charge < -0.3 is 10.2 Å². The van der Waals surface area contributed by atoms with Crippen molar-refractivity contribution in [3.05, 3.63) is 29.8 Å². The Hall–Kier alpha value is -1.60. The predicted octanol–water partition coefficient (Wildman–Crippen LogP) is 4.23. The minimum absolute atomic E-state index is 0.0749. The molecule has 0 unspecified atom stereocenters. The lowest BCUT2D eigenvalue weighted by atomic mass is 9.93. The maximum Gasteiger partial charge on any atom is 0.317 e. The van der Waals surface area contributed by atoms with Crippen LogP contribution in [0, 0.1) is 5.92 Å². The van der Waals surface area contributed by atoms with Crippen molar-refractivity contribution in [1.29, 1.82) is 0 Å². The molecular weight excluding hydrogens is 398 g/mol. The van der Waals surface area contributed by atoms with Gasteiger partial charge in [-0.3, -0.25) is 0 Å². The zero-order valence-electron chi connectivity index (χ0n) is 18.4. The van der Waals surface area contributed by atoms with Crippen molar-refractivity contribution >= 4 is 16.1 Å². The zero-order chi connectivity index (χ0) is 21.6. The lowest BCUT2D eigenvalue weighted by molar-refractivity contribution is 0.162. The maximum atomic E-state index is 12.5. The van der Waals surface area contributed by atoms with Crippen LogP contribution in [-0.2, 0) is 10.0 Å². The normalized spacial score (nSPS) is 19.2. The molecule has 0 atom stereocenters. The molecule has 1 heterocycles. The standard InChI is InChI=1S/C23H37N3O3S/c1-18(2)20-8-10-22(11-9-20)30(28,29)24-15-12-19-13-16-26(17-14-19)23(27)25-21-6-4-3-5-7-21/h8-11,18-19,21,24H,3-7,12-17H2,1-2H3,(H,25,27). The van der Waals surface area contributed by atoms with E-state index in [4.69, 9.17) is 0 Å². The van der Waals surface area contributed by atoms with E-state index in [9.17, 15) is 13.2 Å². The summed E-state index contributed by atoms with van der Waals surface area (Å²) in [5.41, 5.74) is 1.13. The van der Waals surface area contributed by atoms with E-state index in [-0.39, 0.29) is 6.03 Å². The molecule has 6 nitrogen and oxygen atoms in total. The van der Waals surface area contributed by atoms with Crippen LogP contribution in [0.15, 0.2) is 29.2 Å². The van der Waals surface area contributed by atoms with Gasteiger partial charge in [0, 0.05) is 25.7 Å². The van der Waals surface area contributed by atoms with Crippen molar-refractivity contribution in [3.8, 4) is 0 Å². The third-order valence-corrected chi connectivity index (χ3v) is 8.01. The molecule has 3 rings (SSSR count). The number of carbonyl (C=O) groups excluding carboxylic acids is 1. The first-order valence-electron chi connectivity index (χ1n) is 11.5. The number of urea groups is 1. The molecule has 1 aromatic rings. The van der Waals surface area contributed by atoms with Crippen molar-refractivity contribution in [2.75, 3.05) is 19.6 Å². The quantitative estimate of drug-likeness (QED) is 0.673. The SMILES string of the molecule is CC(C)c1ccc(S(=O)(=O)NCCC2CCN(C(=O)NC3CCCCC3)CC2)cc1. The number of likely N-dealkylation sites (tertiary alicyclic amines) is 1. The Balaban J connectivity index is 1.38. The molecule has 7 heteroatoms. The maximum absolute atomic E-state index is 12.5. The molecule has 2 N–H and O–H groups in total. The molecule has 2 fully saturated rings. The molecule has 168 valence electrons. The fourth-order valence-electron chi connectivity index (χ4n) is 4.45. The van der Waals surface area contributed by atoms with E-state index in [2.05, 4.69) is 23.9 Å². The molecule has 2 amide bonds. The van der Waals surface area contributed by atoms with Gasteiger partial charge >= 0.3 is 6.03 Å². The van der Waals surface area contributed by atoms with E-state index in [1.807, 2.05) is 17.0 Å². The fourth-order valence-corrected chi connectivity index (χ4v) is 5.50. The summed E-state index contributed by atoms with van der Waals surface area (Å²) in [7, 11) is -3.47. The summed E-state index contributed by atoms with van der Waals surface area (Å²) in [6, 6.07) is 7.54. The molecule has 1 aromatic carbocycles. The van der Waals surface area contributed by atoms with Crippen LogP contribution in [0.5, 0.6) is 0 Å². The van der Waals surface area contributed by atoms with Crippen molar-refractivity contribution in [2.24, 2.45) is 5.92 Å². The summed E-state index contributed by atoms with van der Waals surface area (Å²) in [5, 5.41) is 3.19. The van der Waals surface area contributed by atoms with Crippen LogP contribution in [0.1, 0.15) is 76.7 Å². The number of sulfonamides is 1. The fraction of sp³-hybridized carbons (Fsp3) is 0.696. The number of amides is 2. The Morgan fingerprint density at radius 1 is 1.03 bits per heavy atom. The molecule has 0 radical (unpaired) electrons. The highest BCUT2D eigenvalue weighted by molar-refractivity contribution is 7.89. The van der Waals surface area contributed by atoms with Gasteiger partial charge in [-0.15, -0.1) is 0 Å². The van der Waals surface area contributed by atoms with Crippen LogP contribution in [0.3, 0.4) is 0 Å². The molecule has 0 spiro atoms. The Labute approximate surface area is 181 Å². The minimum Gasteiger partial charge on any atom is -0.335 e. The lowest BCUT2D eigenvalue weighted by Crippen LogP contribution is -2.48. The topological polar surface area (TPSA) is 78.5 Å². The van der Waals surface area contributed by atoms with Gasteiger partial charge in [-0.05, 0) is 61.6 Å². The number of nitrogens with zero attached hydrogens (tertiary/aromatic N) is 1. The summed E-state index contributed by atoms with van der Waals surface area (Å²) < 4.78 is 27.8. The molecule has 1 aliphatic heterocycles. The number of hydrogen-bond acceptors (Lipinski definition) is 3. The summed E-state index contributed by atoms with van der Waals surface area (Å²) in [4.78, 5) is 14.7. The number of carbonyl (C=O) groups is 1. The Morgan fingerprint density at radius 3 is 2.27 bits per heavy atom. The predicted molar refractivity (Wildman–Crippen MR) is 120 cm³/mol. The second-order valence-electron chi connectivity index (χ2n) is 9.13. The van der Waals surface area contributed by atoms with Crippen molar-refractivity contribution in [3.63, 3.8) is 0 Å². The van der Waals surface area contributed by atoms with Gasteiger partial charge in [-0.1, -0.05) is 45.2 Å². The molecular formula is C23H37N3O3S. The van der Waals surface area contributed by atoms with Crippen LogP contribution in [0.4, 0.5) is 4.79 Å². The molecule has 1 aliphatic carbocycles. The van der Waals surface area contributed by atoms with Crippen LogP contribution in [0.2, 0.25) is 0 Å². The number of hydrogen-bond donors (Lipinski definition) is 2. The van der Waals surface area contributed by atoms with Crippen LogP contribution in [0.25, 0.3) is 0 Å². The van der Waals surface area contributed by atoms with Gasteiger partial charge in [0.05, 0.1) is 4.90 Å². The van der Waals surface area contributed by atoms with Gasteiger partial charge in [0.25, 0.3) is 0 Å². The van der Waals surface area contributed by atoms with Gasteiger partial charge in [-0.25, -0.2) is 17.9 Å². The second-order valence-corrected chi connectivity index (χ2v) is 10.9. The summed E-state index contributed by atoms with van der Waals surface area (Å²) >= 11 is 0. The van der Waals surface area contributed by atoms with Gasteiger partial charge in [0.15, 0.2) is 0 Å². The van der Waals surface area contributed by atoms with E-state index >= 15 is 0 Å². The number of nitrogens with one attached hydrogen (secondary N) is 2. The zero-order valence-corrected chi connectivity index (χ0v) is 19.2. The highest BCUT2D eigenvalue weighted by Gasteiger charge is 2.25. The first-order valence-corrected chi connectivity index (χ1v) is 13.0. The average molecular weight is 436 g/mol. The van der Waals surface area contributed by atoms with Crippen LogP contribution in [-0.4, -0.2) is 45.0 Å². The molecule has 1 saturated carbocycles. The van der Waals surface area contributed by atoms with Crippen molar-refractivity contribution < 1.29 is 13.2 Å². The molecule has 2 aliphatic rings. The van der Waals surface area contributed by atoms with E-state index in [0.29, 0.717) is 29.3 Å². The Bertz CT molecular complexity index is 778. The highest BCUT2D eigenvalue weighted by Crippen LogP contribution is 2.22. The Kier molecular flexibility index (Phi) is 8.17. The first kappa shape index (κ1) is 23.1. The average Bonchev–Trinajstić information content (AvgIpc) is 2.75. The van der Waals surface area contributed by atoms with Crippen molar-refractivity contribution in [1.82, 2.24) is 14.9 Å². The summed E-state index contributed by atoms with van der Waals surface area (Å²) in [5.74, 6) is 0.833. The Morgan fingerprint density at radius 2 is 1.67 bits per heavy atom. The lowest BCUT2D eigenvalue weighted by Gasteiger charge is -2.34. The van der Waals surface area contributed by atoms with Crippen molar-refractivity contribution in [2.45, 2.75) is 82.1 Å². The van der Waals surface area contributed by atoms with Crippen LogP contribution < -0.4 is 10.0 Å². The van der Waals surface area contributed by atoms with E-state index < -0.39 is 10.0 Å². The number of benzene rings is 1. The van der Waals surface area contributed by atoms with Gasteiger partial charge in [0.1, 0.15) is 0 Å². The molecule has 0 bridgehead atoms. The second kappa shape index (κ2) is 10.6. The number of piperidine rings is 1. The van der Waals surface area contributed by atoms with E-state index in [0.717, 1.165) is 50.8 Å². The summed E-state index contributed by atoms with van der Waals surface area (Å²) in [6.45, 7) is 6.13. The number of rotatable bonds is 7. The van der Waals surface area contributed by atoms with E-state index in [1.54, 1.807) is 12.1 Å². The summed E-state index contributed by atoms with van der Waals surface area (Å²) in [6.07, 6.45) is 8.58. The molecule has 0 aromatic heterocycles. The van der Waals surface area contributed by atoms with Crippen LogP contribution >= 0.6 is 0 Å². The smallest absolute Gasteiger partial charge is 0.317 e. The highest BCUT2D eigenvalue weighted by atomic mass is 32.2. The third-order valence-electron chi connectivity index (χ3n) is 6.54.